The molecular formula is C22H24N2O3. The summed E-state index contributed by atoms with van der Waals surface area (Å²) in [6, 6.07) is 17.3. The molecule has 140 valence electrons. The van der Waals surface area contributed by atoms with Gasteiger partial charge in [-0.1, -0.05) is 24.3 Å². The highest BCUT2D eigenvalue weighted by Crippen LogP contribution is 2.47. The van der Waals surface area contributed by atoms with Gasteiger partial charge in [0.1, 0.15) is 12.4 Å². The van der Waals surface area contributed by atoms with Crippen LogP contribution in [0.4, 0.5) is 4.79 Å². The normalized spacial score (nSPS) is 18.4. The number of nitrogens with zero attached hydrogens (tertiary/aromatic N) is 2. The monoisotopic (exact) mass is 364 g/mol. The fourth-order valence-electron chi connectivity index (χ4n) is 3.40. The van der Waals surface area contributed by atoms with E-state index in [0.29, 0.717) is 12.2 Å². The lowest BCUT2D eigenvalue weighted by Crippen LogP contribution is -2.46. The first-order valence-electron chi connectivity index (χ1n) is 9.03. The van der Waals surface area contributed by atoms with E-state index in [9.17, 15) is 9.90 Å². The van der Waals surface area contributed by atoms with E-state index in [0.717, 1.165) is 23.3 Å². The van der Waals surface area contributed by atoms with Crippen LogP contribution in [0.25, 0.3) is 0 Å². The van der Waals surface area contributed by atoms with Crippen molar-refractivity contribution in [3.05, 3.63) is 65.2 Å². The Morgan fingerprint density at radius 1 is 1.19 bits per heavy atom. The number of rotatable bonds is 5. The number of amides is 1. The van der Waals surface area contributed by atoms with Crippen LogP contribution in [-0.4, -0.2) is 27.7 Å². The molecular weight excluding hydrogens is 340 g/mol. The van der Waals surface area contributed by atoms with Crippen LogP contribution in [0.5, 0.6) is 5.75 Å². The molecule has 5 nitrogen and oxygen atoms in total. The zero-order valence-corrected chi connectivity index (χ0v) is 15.8. The second-order valence-electron chi connectivity index (χ2n) is 7.90. The van der Waals surface area contributed by atoms with Crippen molar-refractivity contribution in [3.63, 3.8) is 0 Å². The van der Waals surface area contributed by atoms with Crippen molar-refractivity contribution in [1.82, 2.24) is 4.90 Å². The van der Waals surface area contributed by atoms with Crippen molar-refractivity contribution < 1.29 is 14.6 Å². The molecule has 1 aliphatic rings. The molecule has 0 aromatic heterocycles. The summed E-state index contributed by atoms with van der Waals surface area (Å²) in [5.41, 5.74) is 2.37. The highest BCUT2D eigenvalue weighted by molar-refractivity contribution is 5.67. The maximum atomic E-state index is 11.6. The molecule has 0 heterocycles. The summed E-state index contributed by atoms with van der Waals surface area (Å²) in [7, 11) is 0. The minimum absolute atomic E-state index is 0.0351. The van der Waals surface area contributed by atoms with Gasteiger partial charge < -0.3 is 9.84 Å². The first kappa shape index (κ1) is 18.8. The SMILES string of the molecule is CC(C)(C)N(C(=O)O)[C@@H]1C[C@H]1c1ccc(OCc2ccc(C#N)cc2)cc1. The Balaban J connectivity index is 1.59. The van der Waals surface area contributed by atoms with Crippen molar-refractivity contribution in [1.29, 1.82) is 5.26 Å². The van der Waals surface area contributed by atoms with Crippen LogP contribution in [0, 0.1) is 11.3 Å². The third-order valence-electron chi connectivity index (χ3n) is 4.81. The Bertz CT molecular complexity index is 845. The summed E-state index contributed by atoms with van der Waals surface area (Å²) in [5, 5.41) is 18.4. The van der Waals surface area contributed by atoms with Crippen LogP contribution < -0.4 is 4.74 Å². The van der Waals surface area contributed by atoms with Gasteiger partial charge in [0.2, 0.25) is 0 Å². The molecule has 27 heavy (non-hydrogen) atoms. The van der Waals surface area contributed by atoms with Crippen molar-refractivity contribution >= 4 is 6.09 Å². The molecule has 0 unspecified atom stereocenters. The van der Waals surface area contributed by atoms with Gasteiger partial charge in [0, 0.05) is 17.5 Å². The summed E-state index contributed by atoms with van der Waals surface area (Å²) in [5.74, 6) is 1.01. The van der Waals surface area contributed by atoms with Crippen molar-refractivity contribution in [2.75, 3.05) is 0 Å². The minimum atomic E-state index is -0.864. The van der Waals surface area contributed by atoms with E-state index < -0.39 is 11.6 Å². The summed E-state index contributed by atoms with van der Waals surface area (Å²) >= 11 is 0. The van der Waals surface area contributed by atoms with Gasteiger partial charge in [-0.25, -0.2) is 4.79 Å². The van der Waals surface area contributed by atoms with Gasteiger partial charge in [0.05, 0.1) is 11.6 Å². The lowest BCUT2D eigenvalue weighted by molar-refractivity contribution is 0.0940. The lowest BCUT2D eigenvalue weighted by Gasteiger charge is -2.33. The smallest absolute Gasteiger partial charge is 0.408 e. The number of carbonyl (C=O) groups is 1. The van der Waals surface area contributed by atoms with E-state index in [2.05, 4.69) is 6.07 Å². The predicted molar refractivity (Wildman–Crippen MR) is 103 cm³/mol. The fourth-order valence-corrected chi connectivity index (χ4v) is 3.40. The summed E-state index contributed by atoms with van der Waals surface area (Å²) in [4.78, 5) is 13.2. The molecule has 0 saturated heterocycles. The third-order valence-corrected chi connectivity index (χ3v) is 4.81. The molecule has 2 atom stereocenters. The predicted octanol–water partition coefficient (Wildman–Crippen LogP) is 4.77. The zero-order chi connectivity index (χ0) is 19.6. The van der Waals surface area contributed by atoms with Crippen LogP contribution in [-0.2, 0) is 6.61 Å². The van der Waals surface area contributed by atoms with Gasteiger partial charge in [0.25, 0.3) is 0 Å². The average molecular weight is 364 g/mol. The first-order valence-corrected chi connectivity index (χ1v) is 9.03. The van der Waals surface area contributed by atoms with Gasteiger partial charge in [-0.2, -0.15) is 5.26 Å². The molecule has 0 bridgehead atoms. The Morgan fingerprint density at radius 3 is 2.33 bits per heavy atom. The molecule has 0 radical (unpaired) electrons. The van der Waals surface area contributed by atoms with Gasteiger partial charge in [0.15, 0.2) is 0 Å². The fraction of sp³-hybridized carbons (Fsp3) is 0.364. The van der Waals surface area contributed by atoms with Crippen LogP contribution in [0.1, 0.15) is 49.8 Å². The van der Waals surface area contributed by atoms with E-state index in [1.54, 1.807) is 17.0 Å². The third kappa shape index (κ3) is 4.40. The van der Waals surface area contributed by atoms with Crippen LogP contribution >= 0.6 is 0 Å². The first-order chi connectivity index (χ1) is 12.8. The quantitative estimate of drug-likeness (QED) is 0.829. The molecule has 1 amide bonds. The maximum absolute atomic E-state index is 11.6. The molecule has 0 aliphatic heterocycles. The lowest BCUT2D eigenvalue weighted by atomic mass is 10.1. The minimum Gasteiger partial charge on any atom is -0.489 e. The van der Waals surface area contributed by atoms with Crippen LogP contribution in [0.2, 0.25) is 0 Å². The van der Waals surface area contributed by atoms with Crippen LogP contribution in [0.3, 0.4) is 0 Å². The van der Waals surface area contributed by atoms with Gasteiger partial charge in [-0.05, 0) is 62.6 Å². The Labute approximate surface area is 159 Å². The summed E-state index contributed by atoms with van der Waals surface area (Å²) in [6.45, 7) is 6.22. The van der Waals surface area contributed by atoms with Crippen molar-refractivity contribution in [2.24, 2.45) is 0 Å². The van der Waals surface area contributed by atoms with Crippen molar-refractivity contribution in [2.45, 2.75) is 51.3 Å². The van der Waals surface area contributed by atoms with Crippen LogP contribution in [0.15, 0.2) is 48.5 Å². The number of carboxylic acid groups (broad SMARTS) is 1. The Kier molecular flexibility index (Phi) is 5.09. The number of ether oxygens (including phenoxy) is 1. The van der Waals surface area contributed by atoms with Gasteiger partial charge >= 0.3 is 6.09 Å². The van der Waals surface area contributed by atoms with Gasteiger partial charge in [-0.3, -0.25) is 4.90 Å². The number of nitriles is 1. The van der Waals surface area contributed by atoms with E-state index in [-0.39, 0.29) is 12.0 Å². The molecule has 1 fully saturated rings. The molecule has 3 rings (SSSR count). The van der Waals surface area contributed by atoms with E-state index in [1.165, 1.54) is 0 Å². The second kappa shape index (κ2) is 7.32. The molecule has 2 aromatic rings. The van der Waals surface area contributed by atoms with E-state index >= 15 is 0 Å². The standard InChI is InChI=1S/C22H24N2O3/c1-22(2,3)24(21(25)26)20-12-19(20)17-8-10-18(11-9-17)27-14-16-6-4-15(13-23)5-7-16/h4-11,19-20H,12,14H2,1-3H3,(H,25,26)/t19-,20+/m0/s1. The molecule has 1 N–H and O–H groups in total. The average Bonchev–Trinajstić information content (AvgIpc) is 3.39. The Morgan fingerprint density at radius 2 is 1.81 bits per heavy atom. The topological polar surface area (TPSA) is 73.6 Å². The highest BCUT2D eigenvalue weighted by Gasteiger charge is 2.48. The zero-order valence-electron chi connectivity index (χ0n) is 15.8. The number of hydrogen-bond donors (Lipinski definition) is 1. The number of hydrogen-bond acceptors (Lipinski definition) is 3. The van der Waals surface area contributed by atoms with Gasteiger partial charge in [-0.15, -0.1) is 0 Å². The Hall–Kier alpha value is -3.00. The second-order valence-corrected chi connectivity index (χ2v) is 7.90. The largest absolute Gasteiger partial charge is 0.489 e. The molecule has 5 heteroatoms. The summed E-state index contributed by atoms with van der Waals surface area (Å²) < 4.78 is 5.80. The molecule has 0 spiro atoms. The molecule has 1 saturated carbocycles. The highest BCUT2D eigenvalue weighted by atomic mass is 16.5. The molecule has 2 aromatic carbocycles. The van der Waals surface area contributed by atoms with Crippen molar-refractivity contribution in [3.8, 4) is 11.8 Å². The number of benzene rings is 2. The van der Waals surface area contributed by atoms with E-state index in [1.807, 2.05) is 57.2 Å². The maximum Gasteiger partial charge on any atom is 0.408 e. The van der Waals surface area contributed by atoms with E-state index in [4.69, 9.17) is 10.00 Å². The summed E-state index contributed by atoms with van der Waals surface area (Å²) in [6.07, 6.45) is -0.00738. The molecule has 1 aliphatic carbocycles.